The Bertz CT molecular complexity index is 674. The SMILES string of the molecule is CCc1nc2nc(N(N=O)[N+](=O)[O-])[nH]c(=O)c2[nH]1. The summed E-state index contributed by atoms with van der Waals surface area (Å²) in [6.07, 6.45) is 0.538. The van der Waals surface area contributed by atoms with Gasteiger partial charge >= 0.3 is 11.2 Å². The monoisotopic (exact) mass is 253 g/mol. The van der Waals surface area contributed by atoms with E-state index in [2.05, 4.69) is 25.2 Å². The van der Waals surface area contributed by atoms with Gasteiger partial charge < -0.3 is 15.1 Å². The Balaban J connectivity index is 2.64. The number of nitrogens with one attached hydrogen (secondary N) is 2. The summed E-state index contributed by atoms with van der Waals surface area (Å²) in [7, 11) is 0. The summed E-state index contributed by atoms with van der Waals surface area (Å²) in [4.78, 5) is 44.8. The second-order valence-corrected chi connectivity index (χ2v) is 3.23. The minimum Gasteiger partial charge on any atom is -0.339 e. The number of anilines is 1. The topological polar surface area (TPSA) is 150 Å². The fourth-order valence-electron chi connectivity index (χ4n) is 1.35. The first-order chi connectivity index (χ1) is 8.56. The van der Waals surface area contributed by atoms with E-state index >= 15 is 0 Å². The lowest BCUT2D eigenvalue weighted by Crippen LogP contribution is -2.27. The third-order valence-electron chi connectivity index (χ3n) is 2.15. The summed E-state index contributed by atoms with van der Waals surface area (Å²) in [6.45, 7) is 1.81. The molecule has 0 bridgehead atoms. The van der Waals surface area contributed by atoms with Gasteiger partial charge in [0.2, 0.25) is 0 Å². The highest BCUT2D eigenvalue weighted by Gasteiger charge is 2.23. The van der Waals surface area contributed by atoms with Gasteiger partial charge in [-0.3, -0.25) is 9.78 Å². The molecular formula is C7H7N7O4. The first-order valence-corrected chi connectivity index (χ1v) is 4.83. The second kappa shape index (κ2) is 4.20. The molecular weight excluding hydrogens is 246 g/mol. The van der Waals surface area contributed by atoms with Crippen LogP contribution >= 0.6 is 0 Å². The van der Waals surface area contributed by atoms with Crippen molar-refractivity contribution in [2.75, 3.05) is 5.12 Å². The standard InChI is InChI=1S/C7H7N7O4/c1-2-3-8-4-5(9-3)10-7(11-6(4)15)13(12-16)14(17)18/h2H2,1H3,(H2,8,9,10,11,15). The summed E-state index contributed by atoms with van der Waals surface area (Å²) in [6, 6.07) is 0. The van der Waals surface area contributed by atoms with E-state index in [9.17, 15) is 19.8 Å². The molecule has 0 saturated carbocycles. The molecule has 0 aromatic carbocycles. The molecule has 11 nitrogen and oxygen atoms in total. The van der Waals surface area contributed by atoms with Crippen LogP contribution in [0.25, 0.3) is 11.2 Å². The van der Waals surface area contributed by atoms with Crippen molar-refractivity contribution in [1.29, 1.82) is 0 Å². The van der Waals surface area contributed by atoms with Crippen molar-refractivity contribution < 1.29 is 5.03 Å². The van der Waals surface area contributed by atoms with E-state index in [-0.39, 0.29) is 16.3 Å². The Kier molecular flexibility index (Phi) is 2.71. The fourth-order valence-corrected chi connectivity index (χ4v) is 1.35. The fraction of sp³-hybridized carbons (Fsp3) is 0.286. The Morgan fingerprint density at radius 2 is 2.17 bits per heavy atom. The summed E-state index contributed by atoms with van der Waals surface area (Å²) >= 11 is 0. The largest absolute Gasteiger partial charge is 0.339 e. The van der Waals surface area contributed by atoms with Gasteiger partial charge in [-0.1, -0.05) is 6.92 Å². The number of nitro groups is 1. The minimum atomic E-state index is -1.11. The van der Waals surface area contributed by atoms with E-state index in [0.29, 0.717) is 12.2 Å². The highest BCUT2D eigenvalue weighted by molar-refractivity contribution is 5.70. The average molecular weight is 253 g/mol. The lowest BCUT2D eigenvalue weighted by atomic mass is 10.5. The van der Waals surface area contributed by atoms with Crippen molar-refractivity contribution in [2.45, 2.75) is 13.3 Å². The number of aryl methyl sites for hydroxylation is 1. The van der Waals surface area contributed by atoms with Gasteiger partial charge in [-0.05, 0) is 0 Å². The Labute approximate surface area is 97.9 Å². The number of hydrogen-bond acceptors (Lipinski definition) is 7. The zero-order valence-electron chi connectivity index (χ0n) is 9.08. The van der Waals surface area contributed by atoms with E-state index in [4.69, 9.17) is 0 Å². The molecule has 2 rings (SSSR count). The number of imidazole rings is 1. The molecule has 18 heavy (non-hydrogen) atoms. The van der Waals surface area contributed by atoms with Gasteiger partial charge in [0, 0.05) is 11.3 Å². The number of H-pyrrole nitrogens is 2. The number of fused-ring (bicyclic) bond motifs is 1. The number of hydrazine groups is 1. The summed E-state index contributed by atoms with van der Waals surface area (Å²) < 4.78 is 0. The minimum absolute atomic E-state index is 0.0129. The predicted octanol–water partition coefficient (Wildman–Crippen LogP) is -0.112. The number of rotatable bonds is 4. The molecule has 0 fully saturated rings. The molecule has 2 aromatic rings. The van der Waals surface area contributed by atoms with Gasteiger partial charge in [-0.25, -0.2) is 4.98 Å². The number of hydrogen-bond donors (Lipinski definition) is 2. The molecule has 0 amide bonds. The van der Waals surface area contributed by atoms with Gasteiger partial charge in [0.05, 0.1) is 5.03 Å². The lowest BCUT2D eigenvalue weighted by molar-refractivity contribution is -0.496. The number of aromatic nitrogens is 4. The van der Waals surface area contributed by atoms with E-state index in [1.54, 1.807) is 0 Å². The Morgan fingerprint density at radius 1 is 1.44 bits per heavy atom. The van der Waals surface area contributed by atoms with Crippen molar-refractivity contribution >= 4 is 17.1 Å². The Hall–Kier alpha value is -2.85. The molecule has 0 aliphatic carbocycles. The van der Waals surface area contributed by atoms with Crippen LogP contribution in [0.2, 0.25) is 0 Å². The molecule has 2 heterocycles. The molecule has 94 valence electrons. The quantitative estimate of drug-likeness (QED) is 0.438. The van der Waals surface area contributed by atoms with Gasteiger partial charge in [0.15, 0.2) is 11.2 Å². The van der Waals surface area contributed by atoms with E-state index < -0.39 is 16.5 Å². The van der Waals surface area contributed by atoms with Gasteiger partial charge in [-0.2, -0.15) is 4.98 Å². The van der Waals surface area contributed by atoms with Gasteiger partial charge in [-0.15, -0.1) is 0 Å². The maximum absolute atomic E-state index is 11.6. The smallest absolute Gasteiger partial charge is 0.318 e. The zero-order valence-corrected chi connectivity index (χ0v) is 9.08. The van der Waals surface area contributed by atoms with Gasteiger partial charge in [0.25, 0.3) is 5.56 Å². The normalized spacial score (nSPS) is 10.5. The second-order valence-electron chi connectivity index (χ2n) is 3.23. The van der Waals surface area contributed by atoms with Crippen molar-refractivity contribution in [1.82, 2.24) is 19.9 Å². The molecule has 0 aliphatic rings. The van der Waals surface area contributed by atoms with Crippen molar-refractivity contribution in [2.24, 2.45) is 5.29 Å². The van der Waals surface area contributed by atoms with Crippen LogP contribution in [-0.4, -0.2) is 25.0 Å². The van der Waals surface area contributed by atoms with E-state index in [1.807, 2.05) is 6.92 Å². The van der Waals surface area contributed by atoms with Crippen LogP contribution in [0.5, 0.6) is 0 Å². The maximum Gasteiger partial charge on any atom is 0.318 e. The van der Waals surface area contributed by atoms with Gasteiger partial charge in [0.1, 0.15) is 10.9 Å². The van der Waals surface area contributed by atoms with Crippen molar-refractivity contribution in [3.05, 3.63) is 31.2 Å². The number of nitroso groups, excluding NO2 is 1. The molecule has 11 heteroatoms. The van der Waals surface area contributed by atoms with Crippen LogP contribution in [0, 0.1) is 15.0 Å². The highest BCUT2D eigenvalue weighted by atomic mass is 16.7. The molecule has 0 spiro atoms. The average Bonchev–Trinajstić information content (AvgIpc) is 2.73. The molecule has 2 aromatic heterocycles. The third-order valence-corrected chi connectivity index (χ3v) is 2.15. The molecule has 0 saturated heterocycles. The van der Waals surface area contributed by atoms with Crippen LogP contribution in [0.3, 0.4) is 0 Å². The van der Waals surface area contributed by atoms with Crippen LogP contribution < -0.4 is 10.7 Å². The lowest BCUT2D eigenvalue weighted by Gasteiger charge is -2.02. The summed E-state index contributed by atoms with van der Waals surface area (Å²) in [5, 5.41) is 11.3. The Morgan fingerprint density at radius 3 is 2.72 bits per heavy atom. The van der Waals surface area contributed by atoms with Crippen LogP contribution in [0.1, 0.15) is 12.7 Å². The molecule has 0 unspecified atom stereocenters. The first kappa shape index (κ1) is 11.6. The van der Waals surface area contributed by atoms with E-state index in [1.165, 1.54) is 0 Å². The van der Waals surface area contributed by atoms with Crippen LogP contribution in [0.15, 0.2) is 10.1 Å². The van der Waals surface area contributed by atoms with E-state index in [0.717, 1.165) is 0 Å². The number of aromatic amines is 2. The summed E-state index contributed by atoms with van der Waals surface area (Å²) in [5.74, 6) is -0.0893. The predicted molar refractivity (Wildman–Crippen MR) is 59.2 cm³/mol. The zero-order chi connectivity index (χ0) is 13.3. The van der Waals surface area contributed by atoms with Crippen LogP contribution in [0.4, 0.5) is 5.95 Å². The highest BCUT2D eigenvalue weighted by Crippen LogP contribution is 2.10. The summed E-state index contributed by atoms with van der Waals surface area (Å²) in [5.41, 5.74) is -0.594. The van der Waals surface area contributed by atoms with Crippen molar-refractivity contribution in [3.8, 4) is 0 Å². The maximum atomic E-state index is 11.6. The molecule has 0 atom stereocenters. The van der Waals surface area contributed by atoms with Crippen molar-refractivity contribution in [3.63, 3.8) is 0 Å². The first-order valence-electron chi connectivity index (χ1n) is 4.83. The molecule has 2 N–H and O–H groups in total. The van der Waals surface area contributed by atoms with Crippen LogP contribution in [-0.2, 0) is 6.42 Å². The molecule has 0 aliphatic heterocycles. The number of nitrogens with zero attached hydrogens (tertiary/aromatic N) is 5. The third kappa shape index (κ3) is 1.77. The molecule has 0 radical (unpaired) electrons.